The van der Waals surface area contributed by atoms with Gasteiger partial charge in [0.05, 0.1) is 5.56 Å². The molecule has 0 unspecified atom stereocenters. The summed E-state index contributed by atoms with van der Waals surface area (Å²) >= 11 is 0. The number of aromatic carboxylic acids is 1. The molecule has 0 bridgehead atoms. The van der Waals surface area contributed by atoms with Crippen LogP contribution in [0.1, 0.15) is 15.9 Å². The van der Waals surface area contributed by atoms with Crippen LogP contribution in [0, 0.1) is 116 Å². The van der Waals surface area contributed by atoms with Crippen LogP contribution in [0.2, 0.25) is 0 Å². The normalized spacial score (nSPS) is 11.6. The van der Waals surface area contributed by atoms with Crippen molar-refractivity contribution in [1.29, 1.82) is 0 Å². The standard InChI is InChI=1S/C24BF20.C17H13NO2/c26-5-1(6(27)14(35)21(42)13(5)34)25(2-7(28)15(36)22(43)16(37)8(2)29,3-9(30)17(38)23(44)18(39)10(3)31)4-11(32)19(40)24(45)20(41)12(4)33;19-17(20)15-7-6-14-8-9-18(12-16(14)10-15)11-13-4-2-1-3-5-13/h;1-10,12H,11H2/q-1;/p+1. The van der Waals surface area contributed by atoms with E-state index in [1.54, 1.807) is 12.1 Å². The fraction of sp³-hybridized carbons (Fsp3) is 0.0244. The Morgan fingerprint density at radius 1 is 0.400 bits per heavy atom. The Morgan fingerprint density at radius 3 is 1.02 bits per heavy atom. The van der Waals surface area contributed by atoms with Crippen molar-refractivity contribution >= 4 is 44.7 Å². The number of carboxylic acids is 1. The summed E-state index contributed by atoms with van der Waals surface area (Å²) < 4.78 is 296. The first-order valence-corrected chi connectivity index (χ1v) is 17.4. The average molecular weight is 943 g/mol. The van der Waals surface area contributed by atoms with Gasteiger partial charge in [-0.25, -0.2) is 97.2 Å². The first-order valence-electron chi connectivity index (χ1n) is 17.4. The fourth-order valence-corrected chi connectivity index (χ4v) is 7.14. The predicted octanol–water partition coefficient (Wildman–Crippen LogP) is 8.72. The molecule has 0 atom stereocenters. The molecule has 1 heterocycles. The van der Waals surface area contributed by atoms with E-state index in [9.17, 15) is 57.5 Å². The predicted molar refractivity (Wildman–Crippen MR) is 186 cm³/mol. The summed E-state index contributed by atoms with van der Waals surface area (Å²) in [5, 5.41) is 11.0. The van der Waals surface area contributed by atoms with E-state index in [4.69, 9.17) is 5.11 Å². The maximum Gasteiger partial charge on any atom is 0.335 e. The lowest BCUT2D eigenvalue weighted by molar-refractivity contribution is -0.687. The molecule has 7 aromatic rings. The fourth-order valence-electron chi connectivity index (χ4n) is 7.14. The van der Waals surface area contributed by atoms with Gasteiger partial charge in [-0.1, -0.05) is 36.4 Å². The van der Waals surface area contributed by atoms with E-state index in [-0.39, 0.29) is 0 Å². The second-order valence-electron chi connectivity index (χ2n) is 13.6. The maximum absolute atomic E-state index is 15.4. The van der Waals surface area contributed by atoms with Gasteiger partial charge in [0.2, 0.25) is 0 Å². The van der Waals surface area contributed by atoms with Crippen LogP contribution in [-0.2, 0) is 6.54 Å². The van der Waals surface area contributed by atoms with Gasteiger partial charge in [-0.3, -0.25) is 0 Å². The molecule has 0 saturated heterocycles. The number of carbonyl (C=O) groups is 1. The Balaban J connectivity index is 0.000000289. The van der Waals surface area contributed by atoms with Crippen LogP contribution < -0.4 is 26.4 Å². The van der Waals surface area contributed by atoms with Gasteiger partial charge in [-0.15, -0.1) is 21.9 Å². The number of fused-ring (bicyclic) bond motifs is 1. The highest BCUT2D eigenvalue weighted by atomic mass is 19.2. The maximum atomic E-state index is 15.4. The number of carboxylic acid groups (broad SMARTS) is 1. The summed E-state index contributed by atoms with van der Waals surface area (Å²) in [6, 6.07) is 17.4. The van der Waals surface area contributed by atoms with Crippen LogP contribution in [-0.4, -0.2) is 17.2 Å². The zero-order valence-electron chi connectivity index (χ0n) is 31.0. The molecule has 0 amide bonds. The number of aromatic nitrogens is 1. The van der Waals surface area contributed by atoms with Gasteiger partial charge in [0, 0.05) is 17.0 Å². The van der Waals surface area contributed by atoms with Crippen LogP contribution in [0.4, 0.5) is 87.8 Å². The molecule has 1 aromatic heterocycles. The Morgan fingerprint density at radius 2 is 0.708 bits per heavy atom. The van der Waals surface area contributed by atoms with Gasteiger partial charge in [-0.2, -0.15) is 0 Å². The monoisotopic (exact) mass is 943 g/mol. The molecule has 7 rings (SSSR count). The summed E-state index contributed by atoms with van der Waals surface area (Å²) in [6.07, 6.45) is -3.23. The van der Waals surface area contributed by atoms with Crippen molar-refractivity contribution in [3.8, 4) is 0 Å². The van der Waals surface area contributed by atoms with E-state index in [1.807, 2.05) is 42.7 Å². The number of halogens is 20. The first-order chi connectivity index (χ1) is 30.4. The summed E-state index contributed by atoms with van der Waals surface area (Å²) in [6.45, 7) is 0.772. The third-order valence-electron chi connectivity index (χ3n) is 10.00. The van der Waals surface area contributed by atoms with E-state index in [0.29, 0.717) is 5.56 Å². The van der Waals surface area contributed by atoms with Gasteiger partial charge in [-0.05, 0) is 17.5 Å². The van der Waals surface area contributed by atoms with Crippen molar-refractivity contribution in [1.82, 2.24) is 0 Å². The molecular formula is C41H14BF20NO2. The summed E-state index contributed by atoms with van der Waals surface area (Å²) in [5.41, 5.74) is -12.8. The largest absolute Gasteiger partial charge is 0.478 e. The van der Waals surface area contributed by atoms with E-state index in [2.05, 4.69) is 16.7 Å². The second-order valence-corrected chi connectivity index (χ2v) is 13.6. The third-order valence-corrected chi connectivity index (χ3v) is 10.00. The Kier molecular flexibility index (Phi) is 12.7. The lowest BCUT2D eigenvalue weighted by Crippen LogP contribution is -2.81. The van der Waals surface area contributed by atoms with Crippen molar-refractivity contribution < 1.29 is 102 Å². The smallest absolute Gasteiger partial charge is 0.335 e. The molecule has 3 nitrogen and oxygen atoms in total. The number of benzene rings is 6. The number of hydrogen-bond acceptors (Lipinski definition) is 1. The molecule has 0 aliphatic rings. The molecule has 65 heavy (non-hydrogen) atoms. The Bertz CT molecular complexity index is 2730. The van der Waals surface area contributed by atoms with Gasteiger partial charge in [0.1, 0.15) is 52.7 Å². The van der Waals surface area contributed by atoms with Gasteiger partial charge < -0.3 is 5.11 Å². The first kappa shape index (κ1) is 47.3. The van der Waals surface area contributed by atoms with Crippen LogP contribution in [0.3, 0.4) is 0 Å². The van der Waals surface area contributed by atoms with Crippen molar-refractivity contribution in [2.45, 2.75) is 6.54 Å². The molecule has 24 heteroatoms. The Labute approximate surface area is 347 Å². The summed E-state index contributed by atoms with van der Waals surface area (Å²) in [4.78, 5) is 11.0. The molecule has 338 valence electrons. The lowest BCUT2D eigenvalue weighted by Gasteiger charge is -2.44. The molecule has 0 aliphatic carbocycles. The zero-order chi connectivity index (χ0) is 48.3. The number of hydrogen-bond donors (Lipinski definition) is 1. The number of nitrogens with zero attached hydrogens (tertiary/aromatic N) is 1. The quantitative estimate of drug-likeness (QED) is 0.0572. The van der Waals surface area contributed by atoms with E-state index in [1.165, 1.54) is 5.56 Å². The minimum atomic E-state index is -7.22. The van der Waals surface area contributed by atoms with Crippen LogP contribution in [0.15, 0.2) is 67.0 Å². The third kappa shape index (κ3) is 7.52. The highest BCUT2D eigenvalue weighted by molar-refractivity contribution is 7.20. The van der Waals surface area contributed by atoms with Crippen molar-refractivity contribution in [3.63, 3.8) is 0 Å². The van der Waals surface area contributed by atoms with E-state index < -0.39 is 150 Å². The molecule has 0 spiro atoms. The zero-order valence-corrected chi connectivity index (χ0v) is 31.0. The Hall–Kier alpha value is -7.14. The minimum Gasteiger partial charge on any atom is -0.478 e. The summed E-state index contributed by atoms with van der Waals surface area (Å²) in [7, 11) is 0. The van der Waals surface area contributed by atoms with Crippen molar-refractivity contribution in [2.75, 3.05) is 0 Å². The molecule has 0 aliphatic heterocycles. The van der Waals surface area contributed by atoms with Crippen LogP contribution >= 0.6 is 0 Å². The molecular weight excluding hydrogens is 929 g/mol. The van der Waals surface area contributed by atoms with Crippen LogP contribution in [0.5, 0.6) is 0 Å². The SMILES string of the molecule is Fc1c(F)c(F)c([B-](c2c(F)c(F)c(F)c(F)c2F)(c2c(F)c(F)c(F)c(F)c2F)c2c(F)c(F)c(F)c(F)c2F)c(F)c1F.O=C(O)c1ccc2cc[n+](Cc3ccccc3)cc2c1. The highest BCUT2D eigenvalue weighted by Gasteiger charge is 2.52. The molecule has 0 fully saturated rings. The van der Waals surface area contributed by atoms with Gasteiger partial charge >= 0.3 is 5.97 Å². The average Bonchev–Trinajstić information content (AvgIpc) is 3.29. The number of rotatable bonds is 7. The number of pyridine rings is 1. The van der Waals surface area contributed by atoms with E-state index >= 15 is 35.1 Å². The molecule has 0 radical (unpaired) electrons. The molecule has 0 saturated carbocycles. The minimum absolute atomic E-state index is 0.315. The molecule has 6 aromatic carbocycles. The lowest BCUT2D eigenvalue weighted by atomic mass is 9.12. The van der Waals surface area contributed by atoms with Crippen molar-refractivity contribution in [3.05, 3.63) is 194 Å². The second kappa shape index (κ2) is 17.4. The van der Waals surface area contributed by atoms with E-state index in [0.717, 1.165) is 17.3 Å². The van der Waals surface area contributed by atoms with Crippen molar-refractivity contribution in [2.24, 2.45) is 0 Å². The topological polar surface area (TPSA) is 41.2 Å². The van der Waals surface area contributed by atoms with Gasteiger partial charge in [0.15, 0.2) is 88.7 Å². The van der Waals surface area contributed by atoms with Gasteiger partial charge in [0.25, 0.3) is 0 Å². The summed E-state index contributed by atoms with van der Waals surface area (Å²) in [5.74, 6) is -72.3. The van der Waals surface area contributed by atoms with Crippen LogP contribution in [0.25, 0.3) is 10.8 Å². The highest BCUT2D eigenvalue weighted by Crippen LogP contribution is 2.31. The molecule has 1 N–H and O–H groups in total.